The number of aromatic hydroxyl groups is 1. The predicted molar refractivity (Wildman–Crippen MR) is 234 cm³/mol. The van der Waals surface area contributed by atoms with Crippen molar-refractivity contribution in [2.75, 3.05) is 20.8 Å². The number of esters is 2. The lowest BCUT2D eigenvalue weighted by Gasteiger charge is -2.23. The smallest absolute Gasteiger partial charge is 0.412 e. The van der Waals surface area contributed by atoms with Crippen LogP contribution < -0.4 is 30.2 Å². The number of hydrogen-bond acceptors (Lipinski definition) is 13. The summed E-state index contributed by atoms with van der Waals surface area (Å²) in [7, 11) is 2.47. The summed E-state index contributed by atoms with van der Waals surface area (Å²) in [4.78, 5) is 60.6. The Balaban J connectivity index is 0.000000340. The van der Waals surface area contributed by atoms with Crippen molar-refractivity contribution < 1.29 is 62.2 Å². The second-order valence-corrected chi connectivity index (χ2v) is 15.9. The van der Waals surface area contributed by atoms with Crippen LogP contribution in [0.2, 0.25) is 0 Å². The van der Waals surface area contributed by atoms with Gasteiger partial charge in [-0.3, -0.25) is 0 Å². The van der Waals surface area contributed by atoms with Crippen molar-refractivity contribution in [3.8, 4) is 23.0 Å². The predicted octanol–water partition coefficient (Wildman–Crippen LogP) is 7.56. The van der Waals surface area contributed by atoms with Gasteiger partial charge in [0, 0.05) is 19.4 Å². The van der Waals surface area contributed by atoms with E-state index in [0.717, 1.165) is 11.1 Å². The van der Waals surface area contributed by atoms with Gasteiger partial charge in [0.15, 0.2) is 23.0 Å². The first kappa shape index (κ1) is 50.4. The number of phenolic OH excluding ortho intramolecular Hbond substituents is 1. The molecule has 0 aliphatic rings. The number of methoxy groups -OCH3 is 2. The highest BCUT2D eigenvalue weighted by atomic mass is 16.6. The summed E-state index contributed by atoms with van der Waals surface area (Å²) in [5.74, 6) is -0.443. The van der Waals surface area contributed by atoms with E-state index in [-0.39, 0.29) is 30.9 Å². The zero-order valence-electron chi connectivity index (χ0n) is 37.3. The van der Waals surface area contributed by atoms with E-state index < -0.39 is 53.5 Å². The van der Waals surface area contributed by atoms with E-state index in [0.29, 0.717) is 35.8 Å². The Bertz CT molecular complexity index is 2100. The summed E-state index contributed by atoms with van der Waals surface area (Å²) >= 11 is 0. The summed E-state index contributed by atoms with van der Waals surface area (Å²) in [6, 6.07) is 27.0. The standard InChI is InChI=1S/C25H32N2O7.C22H27NO6/c1-6-26-23(29)33-21-15-18(12-13-20(21)32-16-17-10-8-7-9-11-17)14-19(22(28)31-5)27-24(30)34-25(2,3)4;1-22(2,3)29-21(26)23-17(20(25)27-4)12-16-10-11-19(18(24)13-16)28-14-15-8-6-5-7-9-15/h7-13,15,19H,6,14,16H2,1-5H3,(H,26,29)(H,27,30);5-11,13,17,24H,12,14H2,1-4H3,(H,23,26)/t19-;17-/m00/s1. The average molecular weight is 874 g/mol. The Hall–Kier alpha value is -6.97. The van der Waals surface area contributed by atoms with Gasteiger partial charge in [-0.25, -0.2) is 24.0 Å². The minimum absolute atomic E-state index is 0.0562. The molecule has 0 aromatic heterocycles. The maximum atomic E-state index is 12.3. The van der Waals surface area contributed by atoms with Gasteiger partial charge in [-0.05, 0) is 95.0 Å². The summed E-state index contributed by atoms with van der Waals surface area (Å²) < 4.78 is 36.9. The topological polar surface area (TPSA) is 206 Å². The van der Waals surface area contributed by atoms with Gasteiger partial charge in [0.2, 0.25) is 0 Å². The molecule has 0 unspecified atom stereocenters. The Kier molecular flexibility index (Phi) is 19.6. The molecule has 0 aliphatic carbocycles. The molecule has 4 N–H and O–H groups in total. The number of phenols is 1. The highest BCUT2D eigenvalue weighted by Crippen LogP contribution is 2.31. The van der Waals surface area contributed by atoms with Crippen molar-refractivity contribution in [2.45, 2.75) is 97.8 Å². The number of alkyl carbamates (subject to hydrolysis) is 2. The number of carbonyl (C=O) groups excluding carboxylic acids is 5. The SMILES string of the molecule is CCNC(=O)Oc1cc(C[C@H](NC(=O)OC(C)(C)C)C(=O)OC)ccc1OCc1ccccc1.COC(=O)[C@H](Cc1ccc(OCc2ccccc2)c(O)c1)NC(=O)OC(C)(C)C. The molecule has 4 rings (SSSR count). The van der Waals surface area contributed by atoms with Crippen LogP contribution in [0.25, 0.3) is 0 Å². The molecule has 0 saturated carbocycles. The Morgan fingerprint density at radius 3 is 1.40 bits per heavy atom. The lowest BCUT2D eigenvalue weighted by Crippen LogP contribution is -2.45. The van der Waals surface area contributed by atoms with Gasteiger partial charge in [-0.1, -0.05) is 72.8 Å². The first-order valence-corrected chi connectivity index (χ1v) is 20.2. The second-order valence-electron chi connectivity index (χ2n) is 15.9. The zero-order chi connectivity index (χ0) is 46.6. The van der Waals surface area contributed by atoms with E-state index in [9.17, 15) is 29.1 Å². The van der Waals surface area contributed by atoms with Crippen LogP contribution in [-0.4, -0.2) is 79.4 Å². The maximum Gasteiger partial charge on any atom is 0.412 e. The molecule has 0 radical (unpaired) electrons. The molecule has 0 spiro atoms. The molecule has 3 amide bonds. The van der Waals surface area contributed by atoms with E-state index in [1.165, 1.54) is 20.3 Å². The van der Waals surface area contributed by atoms with Crippen LogP contribution >= 0.6 is 0 Å². The van der Waals surface area contributed by atoms with Gasteiger partial charge < -0.3 is 54.2 Å². The highest BCUT2D eigenvalue weighted by Gasteiger charge is 2.27. The Labute approximate surface area is 368 Å². The molecule has 16 nitrogen and oxygen atoms in total. The summed E-state index contributed by atoms with van der Waals surface area (Å²) in [5.41, 5.74) is 1.74. The van der Waals surface area contributed by atoms with Crippen molar-refractivity contribution in [1.82, 2.24) is 16.0 Å². The van der Waals surface area contributed by atoms with Gasteiger partial charge in [0.25, 0.3) is 0 Å². The second kappa shape index (κ2) is 24.5. The lowest BCUT2D eigenvalue weighted by molar-refractivity contribution is -0.143. The number of nitrogens with one attached hydrogen (secondary N) is 3. The van der Waals surface area contributed by atoms with E-state index in [1.54, 1.807) is 78.8 Å². The van der Waals surface area contributed by atoms with Gasteiger partial charge in [0.1, 0.15) is 36.5 Å². The van der Waals surface area contributed by atoms with Crippen LogP contribution in [0.5, 0.6) is 23.0 Å². The van der Waals surface area contributed by atoms with Crippen molar-refractivity contribution in [3.63, 3.8) is 0 Å². The molecule has 0 fully saturated rings. The maximum absolute atomic E-state index is 12.3. The fourth-order valence-electron chi connectivity index (χ4n) is 5.48. The lowest BCUT2D eigenvalue weighted by atomic mass is 10.1. The van der Waals surface area contributed by atoms with Crippen molar-refractivity contribution in [1.29, 1.82) is 0 Å². The van der Waals surface area contributed by atoms with E-state index in [1.807, 2.05) is 60.7 Å². The van der Waals surface area contributed by atoms with Gasteiger partial charge in [-0.2, -0.15) is 0 Å². The molecule has 16 heteroatoms. The molecule has 4 aromatic rings. The minimum Gasteiger partial charge on any atom is -0.504 e. The van der Waals surface area contributed by atoms with Crippen molar-refractivity contribution >= 4 is 30.2 Å². The normalized spacial score (nSPS) is 11.8. The van der Waals surface area contributed by atoms with E-state index in [4.69, 9.17) is 33.2 Å². The molecule has 0 aliphatic heterocycles. The number of rotatable bonds is 16. The molecular weight excluding hydrogens is 815 g/mol. The summed E-state index contributed by atoms with van der Waals surface area (Å²) in [5, 5.41) is 17.9. The molecular formula is C47H59N3O13. The first-order valence-electron chi connectivity index (χ1n) is 20.2. The van der Waals surface area contributed by atoms with Gasteiger partial charge in [0.05, 0.1) is 14.2 Å². The molecule has 4 aromatic carbocycles. The van der Waals surface area contributed by atoms with Crippen LogP contribution in [-0.2, 0) is 54.6 Å². The van der Waals surface area contributed by atoms with Crippen LogP contribution in [0, 0.1) is 0 Å². The molecule has 0 saturated heterocycles. The number of amides is 3. The summed E-state index contributed by atoms with van der Waals surface area (Å²) in [6.45, 7) is 13.1. The average Bonchev–Trinajstić information content (AvgIpc) is 3.21. The van der Waals surface area contributed by atoms with Crippen LogP contribution in [0.3, 0.4) is 0 Å². The van der Waals surface area contributed by atoms with E-state index in [2.05, 4.69) is 16.0 Å². The molecule has 340 valence electrons. The number of ether oxygens (including phenoxy) is 7. The summed E-state index contributed by atoms with van der Waals surface area (Å²) in [6.07, 6.45) is -1.90. The Morgan fingerprint density at radius 2 is 0.984 bits per heavy atom. The number of carbonyl (C=O) groups is 5. The zero-order valence-corrected chi connectivity index (χ0v) is 37.3. The highest BCUT2D eigenvalue weighted by molar-refractivity contribution is 5.82. The third kappa shape index (κ3) is 19.1. The van der Waals surface area contributed by atoms with Crippen LogP contribution in [0.4, 0.5) is 14.4 Å². The monoisotopic (exact) mass is 873 g/mol. The van der Waals surface area contributed by atoms with E-state index >= 15 is 0 Å². The van der Waals surface area contributed by atoms with Crippen LogP contribution in [0.15, 0.2) is 97.1 Å². The van der Waals surface area contributed by atoms with Gasteiger partial charge in [-0.15, -0.1) is 0 Å². The number of benzene rings is 4. The molecule has 0 bridgehead atoms. The van der Waals surface area contributed by atoms with Crippen molar-refractivity contribution in [2.24, 2.45) is 0 Å². The third-order valence-electron chi connectivity index (χ3n) is 8.26. The molecule has 0 heterocycles. The van der Waals surface area contributed by atoms with Crippen molar-refractivity contribution in [3.05, 3.63) is 119 Å². The Morgan fingerprint density at radius 1 is 0.556 bits per heavy atom. The molecule has 2 atom stereocenters. The third-order valence-corrected chi connectivity index (χ3v) is 8.26. The number of hydrogen-bond donors (Lipinski definition) is 4. The fourth-order valence-corrected chi connectivity index (χ4v) is 5.48. The van der Waals surface area contributed by atoms with Gasteiger partial charge >= 0.3 is 30.2 Å². The van der Waals surface area contributed by atoms with Crippen LogP contribution in [0.1, 0.15) is 70.7 Å². The minimum atomic E-state index is -1.01. The quantitative estimate of drug-likeness (QED) is 0.0634. The first-order chi connectivity index (χ1) is 29.8. The molecule has 63 heavy (non-hydrogen) atoms. The largest absolute Gasteiger partial charge is 0.504 e. The fraction of sp³-hybridized carbons (Fsp3) is 0.383.